The van der Waals surface area contributed by atoms with E-state index in [1.54, 1.807) is 0 Å². The van der Waals surface area contributed by atoms with E-state index < -0.39 is 0 Å². The lowest BCUT2D eigenvalue weighted by atomic mass is 9.89. The highest BCUT2D eigenvalue weighted by Crippen LogP contribution is 2.26. The number of aryl methyl sites for hydroxylation is 2. The number of hydrogen-bond donors (Lipinski definition) is 1. The molecule has 1 aliphatic heterocycles. The molecule has 116 valence electrons. The molecule has 0 bridgehead atoms. The molecule has 1 unspecified atom stereocenters. The van der Waals surface area contributed by atoms with E-state index in [4.69, 9.17) is 0 Å². The molecule has 1 aromatic rings. The molecule has 0 spiro atoms. The quantitative estimate of drug-likeness (QED) is 0.909. The third-order valence-electron chi connectivity index (χ3n) is 5.17. The molecule has 1 N–H and O–H groups in total. The van der Waals surface area contributed by atoms with E-state index in [-0.39, 0.29) is 6.10 Å². The van der Waals surface area contributed by atoms with Crippen LogP contribution < -0.4 is 0 Å². The Morgan fingerprint density at radius 3 is 2.38 bits per heavy atom. The first-order valence-electron chi connectivity index (χ1n) is 8.85. The van der Waals surface area contributed by atoms with Crippen LogP contribution in [-0.4, -0.2) is 29.6 Å². The molecule has 3 rings (SSSR count). The Morgan fingerprint density at radius 2 is 1.62 bits per heavy atom. The van der Waals surface area contributed by atoms with E-state index in [0.717, 1.165) is 18.5 Å². The molecule has 0 saturated carbocycles. The Morgan fingerprint density at radius 1 is 0.905 bits per heavy atom. The van der Waals surface area contributed by atoms with Crippen LogP contribution >= 0.6 is 0 Å². The zero-order valence-corrected chi connectivity index (χ0v) is 13.2. The number of rotatable bonds is 4. The minimum Gasteiger partial charge on any atom is -0.388 e. The van der Waals surface area contributed by atoms with Gasteiger partial charge in [-0.3, -0.25) is 0 Å². The van der Waals surface area contributed by atoms with Gasteiger partial charge in [0.15, 0.2) is 0 Å². The summed E-state index contributed by atoms with van der Waals surface area (Å²) in [6.07, 6.45) is 11.0. The lowest BCUT2D eigenvalue weighted by Crippen LogP contribution is -2.26. The number of benzene rings is 1. The molecule has 0 amide bonds. The second-order valence-electron chi connectivity index (χ2n) is 6.80. The summed E-state index contributed by atoms with van der Waals surface area (Å²) >= 11 is 0. The third-order valence-corrected chi connectivity index (χ3v) is 5.17. The van der Waals surface area contributed by atoms with Crippen molar-refractivity contribution in [2.45, 2.75) is 63.9 Å². The summed E-state index contributed by atoms with van der Waals surface area (Å²) in [5.41, 5.74) is 4.11. The summed E-state index contributed by atoms with van der Waals surface area (Å²) in [6, 6.07) is 6.66. The third kappa shape index (κ3) is 4.08. The highest BCUT2D eigenvalue weighted by Gasteiger charge is 2.15. The van der Waals surface area contributed by atoms with Crippen LogP contribution in [0, 0.1) is 0 Å². The molecule has 1 saturated heterocycles. The predicted molar refractivity (Wildman–Crippen MR) is 87.6 cm³/mol. The Labute approximate surface area is 129 Å². The van der Waals surface area contributed by atoms with Gasteiger partial charge in [-0.2, -0.15) is 0 Å². The average molecular weight is 287 g/mol. The summed E-state index contributed by atoms with van der Waals surface area (Å²) in [7, 11) is 0. The first kappa shape index (κ1) is 15.1. The van der Waals surface area contributed by atoms with Gasteiger partial charge in [0, 0.05) is 6.54 Å². The largest absolute Gasteiger partial charge is 0.388 e. The van der Waals surface area contributed by atoms with Crippen LogP contribution in [0.2, 0.25) is 0 Å². The van der Waals surface area contributed by atoms with Crippen molar-refractivity contribution in [3.63, 3.8) is 0 Å². The van der Waals surface area contributed by atoms with Gasteiger partial charge >= 0.3 is 0 Å². The van der Waals surface area contributed by atoms with Crippen LogP contribution in [0.4, 0.5) is 0 Å². The van der Waals surface area contributed by atoms with Crippen LogP contribution in [0.3, 0.4) is 0 Å². The minimum atomic E-state index is -0.291. The maximum atomic E-state index is 10.5. The second kappa shape index (κ2) is 7.42. The Kier molecular flexibility index (Phi) is 5.32. The molecule has 0 aromatic heterocycles. The van der Waals surface area contributed by atoms with Crippen LogP contribution in [0.5, 0.6) is 0 Å². The van der Waals surface area contributed by atoms with E-state index in [1.807, 2.05) is 0 Å². The molecule has 1 atom stereocenters. The number of likely N-dealkylation sites (tertiary alicyclic amines) is 1. The number of nitrogens with zero attached hydrogens (tertiary/aromatic N) is 1. The van der Waals surface area contributed by atoms with Crippen molar-refractivity contribution in [2.75, 3.05) is 19.6 Å². The highest BCUT2D eigenvalue weighted by molar-refractivity contribution is 5.34. The second-order valence-corrected chi connectivity index (χ2v) is 6.80. The van der Waals surface area contributed by atoms with Crippen LogP contribution in [0.25, 0.3) is 0 Å². The number of fused-ring (bicyclic) bond motifs is 1. The fourth-order valence-corrected chi connectivity index (χ4v) is 3.79. The van der Waals surface area contributed by atoms with Gasteiger partial charge in [-0.05, 0) is 74.7 Å². The zero-order valence-electron chi connectivity index (χ0n) is 13.2. The lowest BCUT2D eigenvalue weighted by molar-refractivity contribution is 0.143. The topological polar surface area (TPSA) is 23.5 Å². The molecule has 21 heavy (non-hydrogen) atoms. The molecular weight excluding hydrogens is 258 g/mol. The molecular formula is C19H29NO. The molecule has 2 nitrogen and oxygen atoms in total. The molecule has 2 heteroatoms. The van der Waals surface area contributed by atoms with Crippen LogP contribution in [0.1, 0.15) is 67.7 Å². The van der Waals surface area contributed by atoms with Crippen LogP contribution in [0.15, 0.2) is 18.2 Å². The van der Waals surface area contributed by atoms with E-state index in [1.165, 1.54) is 75.6 Å². The smallest absolute Gasteiger partial charge is 0.0802 e. The van der Waals surface area contributed by atoms with Gasteiger partial charge in [-0.25, -0.2) is 0 Å². The van der Waals surface area contributed by atoms with Crippen molar-refractivity contribution in [3.8, 4) is 0 Å². The molecule has 1 fully saturated rings. The number of aliphatic hydroxyl groups excluding tert-OH is 1. The van der Waals surface area contributed by atoms with Crippen LogP contribution in [-0.2, 0) is 12.8 Å². The molecule has 1 heterocycles. The Hall–Kier alpha value is -0.860. The number of hydrogen-bond acceptors (Lipinski definition) is 2. The van der Waals surface area contributed by atoms with Gasteiger partial charge in [0.05, 0.1) is 6.10 Å². The molecule has 1 aliphatic carbocycles. The fourth-order valence-electron chi connectivity index (χ4n) is 3.79. The molecule has 2 aliphatic rings. The van der Waals surface area contributed by atoms with Crippen molar-refractivity contribution in [1.29, 1.82) is 0 Å². The van der Waals surface area contributed by atoms with E-state index in [0.29, 0.717) is 0 Å². The normalized spacial score (nSPS) is 21.6. The maximum absolute atomic E-state index is 10.5. The van der Waals surface area contributed by atoms with E-state index >= 15 is 0 Å². The van der Waals surface area contributed by atoms with Crippen molar-refractivity contribution in [1.82, 2.24) is 4.90 Å². The van der Waals surface area contributed by atoms with Crippen molar-refractivity contribution >= 4 is 0 Å². The maximum Gasteiger partial charge on any atom is 0.0802 e. The van der Waals surface area contributed by atoms with Gasteiger partial charge < -0.3 is 10.0 Å². The standard InChI is InChI=1S/C19H29NO/c21-19(11-14-20-12-5-1-2-6-13-20)18-10-9-16-7-3-4-8-17(16)15-18/h9-10,15,19,21H,1-8,11-14H2. The lowest BCUT2D eigenvalue weighted by Gasteiger charge is -2.23. The van der Waals surface area contributed by atoms with Crippen molar-refractivity contribution < 1.29 is 5.11 Å². The minimum absolute atomic E-state index is 0.291. The van der Waals surface area contributed by atoms with E-state index in [9.17, 15) is 5.11 Å². The van der Waals surface area contributed by atoms with Crippen molar-refractivity contribution in [2.24, 2.45) is 0 Å². The molecule has 1 aromatic carbocycles. The first-order valence-corrected chi connectivity index (χ1v) is 8.85. The summed E-state index contributed by atoms with van der Waals surface area (Å²) in [6.45, 7) is 3.48. The SMILES string of the molecule is OC(CCN1CCCCCC1)c1ccc2c(c1)CCCC2. The first-order chi connectivity index (χ1) is 10.3. The van der Waals surface area contributed by atoms with Crippen molar-refractivity contribution in [3.05, 3.63) is 34.9 Å². The Bertz CT molecular complexity index is 449. The van der Waals surface area contributed by atoms with Gasteiger partial charge in [-0.15, -0.1) is 0 Å². The van der Waals surface area contributed by atoms with Gasteiger partial charge in [0.25, 0.3) is 0 Å². The monoisotopic (exact) mass is 287 g/mol. The Balaban J connectivity index is 1.56. The number of aliphatic hydroxyl groups is 1. The highest BCUT2D eigenvalue weighted by atomic mass is 16.3. The summed E-state index contributed by atoms with van der Waals surface area (Å²) < 4.78 is 0. The summed E-state index contributed by atoms with van der Waals surface area (Å²) in [4.78, 5) is 2.54. The van der Waals surface area contributed by atoms with Gasteiger partial charge in [0.2, 0.25) is 0 Å². The van der Waals surface area contributed by atoms with E-state index in [2.05, 4.69) is 23.1 Å². The fraction of sp³-hybridized carbons (Fsp3) is 0.684. The average Bonchev–Trinajstić information content (AvgIpc) is 2.81. The summed E-state index contributed by atoms with van der Waals surface area (Å²) in [5.74, 6) is 0. The van der Waals surface area contributed by atoms with Gasteiger partial charge in [0.1, 0.15) is 0 Å². The summed E-state index contributed by atoms with van der Waals surface area (Å²) in [5, 5.41) is 10.5. The zero-order chi connectivity index (χ0) is 14.5. The predicted octanol–water partition coefficient (Wildman–Crippen LogP) is 3.86. The van der Waals surface area contributed by atoms with Gasteiger partial charge in [-0.1, -0.05) is 31.0 Å². The molecule has 0 radical (unpaired) electrons.